The summed E-state index contributed by atoms with van der Waals surface area (Å²) in [4.78, 5) is 0. The number of benzene rings is 2. The predicted octanol–water partition coefficient (Wildman–Crippen LogP) is 3.07. The van der Waals surface area contributed by atoms with Gasteiger partial charge in [-0.1, -0.05) is 54.4 Å². The number of hydrogen-bond acceptors (Lipinski definition) is 5. The van der Waals surface area contributed by atoms with Crippen molar-refractivity contribution in [3.8, 4) is 0 Å². The quantitative estimate of drug-likeness (QED) is 0.464. The molecule has 1 saturated heterocycles. The summed E-state index contributed by atoms with van der Waals surface area (Å²) < 4.78 is 7.39. The van der Waals surface area contributed by atoms with E-state index < -0.39 is 37.3 Å². The van der Waals surface area contributed by atoms with Gasteiger partial charge in [0.2, 0.25) is 0 Å². The normalized spacial score (nSPS) is 26.5. The molecule has 31 heavy (non-hydrogen) atoms. The molecule has 0 saturated carbocycles. The maximum absolute atomic E-state index is 10.6. The Morgan fingerprint density at radius 2 is 1.55 bits per heavy atom. The predicted molar refractivity (Wildman–Crippen MR) is 120 cm³/mol. The maximum atomic E-state index is 10.6. The Morgan fingerprint density at radius 1 is 0.903 bits per heavy atom. The number of halogens is 2. The summed E-state index contributed by atoms with van der Waals surface area (Å²) in [6, 6.07) is 11.7. The number of hydrogen-bond donors (Lipinski definition) is 4. The van der Waals surface area contributed by atoms with Crippen molar-refractivity contribution in [3.05, 3.63) is 69.3 Å². The molecule has 1 aliphatic heterocycles. The summed E-state index contributed by atoms with van der Waals surface area (Å²) >= 11 is 13.1. The molecule has 4 rings (SSSR count). The van der Waals surface area contributed by atoms with Crippen LogP contribution in [0.3, 0.4) is 0 Å². The van der Waals surface area contributed by atoms with Crippen molar-refractivity contribution in [1.29, 1.82) is 0 Å². The van der Waals surface area contributed by atoms with Gasteiger partial charge in [0.1, 0.15) is 24.4 Å². The molecule has 0 amide bonds. The molecule has 1 aromatic heterocycles. The van der Waals surface area contributed by atoms with Crippen LogP contribution in [0.15, 0.2) is 42.6 Å². The van der Waals surface area contributed by atoms with E-state index in [1.165, 1.54) is 5.56 Å². The van der Waals surface area contributed by atoms with E-state index in [4.69, 9.17) is 27.9 Å². The lowest BCUT2D eigenvalue weighted by Crippen LogP contribution is -2.56. The number of fused-ring (bicyclic) bond motifs is 1. The number of nitrogens with zero attached hydrogens (tertiary/aromatic N) is 1. The molecule has 1 aliphatic rings. The Hall–Kier alpha value is -1.64. The lowest BCUT2D eigenvalue weighted by molar-refractivity contribution is -0.250. The van der Waals surface area contributed by atoms with Gasteiger partial charge in [0.25, 0.3) is 0 Å². The van der Waals surface area contributed by atoms with Crippen LogP contribution in [-0.4, -0.2) is 56.0 Å². The van der Waals surface area contributed by atoms with E-state index in [0.717, 1.165) is 22.9 Å². The van der Waals surface area contributed by atoms with Gasteiger partial charge < -0.3 is 29.7 Å². The van der Waals surface area contributed by atoms with Gasteiger partial charge in [0.05, 0.1) is 22.2 Å². The average molecular weight is 466 g/mol. The number of aliphatic hydroxyl groups excluding tert-OH is 4. The number of aryl methyl sites for hydroxylation is 1. The number of rotatable bonds is 5. The fourth-order valence-corrected chi connectivity index (χ4v) is 4.68. The van der Waals surface area contributed by atoms with E-state index in [1.807, 2.05) is 0 Å². The molecule has 0 bridgehead atoms. The van der Waals surface area contributed by atoms with Crippen molar-refractivity contribution in [2.45, 2.75) is 50.4 Å². The van der Waals surface area contributed by atoms with E-state index in [1.54, 1.807) is 22.9 Å². The maximum Gasteiger partial charge on any atom is 0.163 e. The summed E-state index contributed by atoms with van der Waals surface area (Å²) in [6.45, 7) is 1.59. The molecular weight excluding hydrogens is 441 g/mol. The monoisotopic (exact) mass is 465 g/mol. The standard InChI is InChI=1S/C23H25Cl2NO5/c1-2-12-3-5-13(6-4-12)9-14-10-26(19-16(25)8-7-15(24)18(14)19)23-22(30)21(29)20(28)17(11-27)31-23/h3-8,10,17,20-23,27-30H,2,9,11H2,1H3/t17-,20-,21+,22-,23-/m1/s1. The SMILES string of the molecule is CCc1ccc(Cc2cn([C@@H]3O[C@H](CO)[C@@H](O)[C@H](O)[C@H]3O)c3c(Cl)ccc(Cl)c23)cc1. The number of ether oxygens (including phenoxy) is 1. The molecule has 2 heterocycles. The Morgan fingerprint density at radius 3 is 2.19 bits per heavy atom. The second-order valence-corrected chi connectivity index (χ2v) is 8.70. The van der Waals surface area contributed by atoms with E-state index in [0.29, 0.717) is 22.0 Å². The van der Waals surface area contributed by atoms with Crippen LogP contribution in [0, 0.1) is 0 Å². The molecule has 166 valence electrons. The Labute approximate surface area is 190 Å². The molecule has 0 unspecified atom stereocenters. The lowest BCUT2D eigenvalue weighted by atomic mass is 9.98. The van der Waals surface area contributed by atoms with Crippen molar-refractivity contribution in [1.82, 2.24) is 4.57 Å². The first-order valence-corrected chi connectivity index (χ1v) is 11.0. The van der Waals surface area contributed by atoms with Crippen LogP contribution in [0.4, 0.5) is 0 Å². The highest BCUT2D eigenvalue weighted by Crippen LogP contribution is 2.39. The highest BCUT2D eigenvalue weighted by atomic mass is 35.5. The van der Waals surface area contributed by atoms with Crippen molar-refractivity contribution in [2.24, 2.45) is 0 Å². The summed E-state index contributed by atoms with van der Waals surface area (Å²) in [7, 11) is 0. The smallest absolute Gasteiger partial charge is 0.163 e. The minimum absolute atomic E-state index is 0.406. The molecule has 0 radical (unpaired) electrons. The van der Waals surface area contributed by atoms with Gasteiger partial charge in [-0.25, -0.2) is 0 Å². The molecule has 0 spiro atoms. The summed E-state index contributed by atoms with van der Waals surface area (Å²) in [5.74, 6) is 0. The lowest BCUT2D eigenvalue weighted by Gasteiger charge is -2.40. The highest BCUT2D eigenvalue weighted by molar-refractivity contribution is 6.40. The summed E-state index contributed by atoms with van der Waals surface area (Å²) in [5, 5.41) is 42.2. The van der Waals surface area contributed by atoms with Gasteiger partial charge >= 0.3 is 0 Å². The van der Waals surface area contributed by atoms with Crippen LogP contribution in [0.1, 0.15) is 29.8 Å². The first-order chi connectivity index (χ1) is 14.8. The number of aliphatic hydroxyl groups is 4. The topological polar surface area (TPSA) is 95.1 Å². The summed E-state index contributed by atoms with van der Waals surface area (Å²) in [5.41, 5.74) is 3.76. The van der Waals surface area contributed by atoms with Gasteiger partial charge in [-0.3, -0.25) is 0 Å². The first-order valence-electron chi connectivity index (χ1n) is 10.2. The van der Waals surface area contributed by atoms with Crippen LogP contribution in [-0.2, 0) is 17.6 Å². The molecule has 5 atom stereocenters. The van der Waals surface area contributed by atoms with Crippen LogP contribution in [0.2, 0.25) is 10.0 Å². The Balaban J connectivity index is 1.81. The third-order valence-corrected chi connectivity index (χ3v) is 6.54. The van der Waals surface area contributed by atoms with E-state index in [-0.39, 0.29) is 0 Å². The zero-order valence-electron chi connectivity index (χ0n) is 16.9. The minimum atomic E-state index is -1.49. The third-order valence-electron chi connectivity index (χ3n) is 5.92. The van der Waals surface area contributed by atoms with Crippen molar-refractivity contribution < 1.29 is 25.2 Å². The molecule has 3 aromatic rings. The van der Waals surface area contributed by atoms with Gasteiger partial charge in [-0.2, -0.15) is 0 Å². The second-order valence-electron chi connectivity index (χ2n) is 7.88. The molecular formula is C23H25Cl2NO5. The van der Waals surface area contributed by atoms with Crippen molar-refractivity contribution in [3.63, 3.8) is 0 Å². The molecule has 0 aliphatic carbocycles. The third kappa shape index (κ3) is 4.10. The Kier molecular flexibility index (Phi) is 6.60. The van der Waals surface area contributed by atoms with Gasteiger partial charge in [0.15, 0.2) is 6.23 Å². The molecule has 4 N–H and O–H groups in total. The van der Waals surface area contributed by atoms with Crippen LogP contribution < -0.4 is 0 Å². The molecule has 8 heteroatoms. The van der Waals surface area contributed by atoms with Crippen LogP contribution in [0.25, 0.3) is 10.9 Å². The van der Waals surface area contributed by atoms with Crippen molar-refractivity contribution in [2.75, 3.05) is 6.61 Å². The molecule has 2 aromatic carbocycles. The fourth-order valence-electron chi connectivity index (χ4n) is 4.16. The zero-order chi connectivity index (χ0) is 22.3. The fraction of sp³-hybridized carbons (Fsp3) is 0.391. The largest absolute Gasteiger partial charge is 0.394 e. The van der Waals surface area contributed by atoms with E-state index in [2.05, 4.69) is 31.2 Å². The molecule has 1 fully saturated rings. The highest BCUT2D eigenvalue weighted by Gasteiger charge is 2.44. The summed E-state index contributed by atoms with van der Waals surface area (Å²) in [6.07, 6.45) is -3.12. The van der Waals surface area contributed by atoms with E-state index >= 15 is 0 Å². The average Bonchev–Trinajstić information content (AvgIpc) is 3.15. The first kappa shape index (κ1) is 22.6. The second kappa shape index (κ2) is 9.08. The number of aromatic nitrogens is 1. The molecule has 6 nitrogen and oxygen atoms in total. The minimum Gasteiger partial charge on any atom is -0.394 e. The van der Waals surface area contributed by atoms with Crippen molar-refractivity contribution >= 4 is 34.1 Å². The van der Waals surface area contributed by atoms with E-state index in [9.17, 15) is 20.4 Å². The Bertz CT molecular complexity index is 1070. The van der Waals surface area contributed by atoms with Crippen LogP contribution in [0.5, 0.6) is 0 Å². The van der Waals surface area contributed by atoms with Gasteiger partial charge in [-0.15, -0.1) is 0 Å². The van der Waals surface area contributed by atoms with Crippen LogP contribution >= 0.6 is 23.2 Å². The van der Waals surface area contributed by atoms with Gasteiger partial charge in [0, 0.05) is 11.6 Å². The zero-order valence-corrected chi connectivity index (χ0v) is 18.5. The van der Waals surface area contributed by atoms with Gasteiger partial charge in [-0.05, 0) is 41.7 Å².